The Morgan fingerprint density at radius 3 is 2.58 bits per heavy atom. The summed E-state index contributed by atoms with van der Waals surface area (Å²) in [6.07, 6.45) is 1.37. The Hall–Kier alpha value is -2.41. The molecular weight excluding hydrogens is 268 g/mol. The third-order valence-corrected chi connectivity index (χ3v) is 3.37. The van der Waals surface area contributed by atoms with E-state index in [1.807, 2.05) is 0 Å². The molecule has 7 heteroatoms. The zero-order valence-corrected chi connectivity index (χ0v) is 10.3. The minimum absolute atomic E-state index is 0.0623. The van der Waals surface area contributed by atoms with E-state index < -0.39 is 10.9 Å². The highest BCUT2D eigenvalue weighted by molar-refractivity contribution is 7.99. The number of nitro benzene ring substituents is 1. The maximum atomic E-state index is 11.0. The third kappa shape index (κ3) is 2.89. The van der Waals surface area contributed by atoms with Gasteiger partial charge in [0.2, 0.25) is 0 Å². The predicted octanol–water partition coefficient (Wildman–Crippen LogP) is 2.84. The molecule has 0 amide bonds. The predicted molar refractivity (Wildman–Crippen MR) is 68.4 cm³/mol. The number of aromatic nitrogens is 1. The lowest BCUT2D eigenvalue weighted by Gasteiger charge is -2.05. The number of nitro groups is 1. The Morgan fingerprint density at radius 2 is 1.89 bits per heavy atom. The molecule has 0 unspecified atom stereocenters. The Kier molecular flexibility index (Phi) is 3.76. The van der Waals surface area contributed by atoms with Crippen molar-refractivity contribution in [1.29, 1.82) is 0 Å². The van der Waals surface area contributed by atoms with Crippen LogP contribution in [0.15, 0.2) is 52.4 Å². The van der Waals surface area contributed by atoms with Gasteiger partial charge in [0.1, 0.15) is 0 Å². The fourth-order valence-corrected chi connectivity index (χ4v) is 2.46. The highest BCUT2D eigenvalue weighted by Gasteiger charge is 2.17. The van der Waals surface area contributed by atoms with Crippen LogP contribution in [0, 0.1) is 10.1 Å². The average Bonchev–Trinajstić information content (AvgIpc) is 2.39. The molecule has 0 fully saturated rings. The summed E-state index contributed by atoms with van der Waals surface area (Å²) in [5, 5.41) is 19.9. The van der Waals surface area contributed by atoms with E-state index >= 15 is 0 Å². The number of nitrogens with zero attached hydrogens (tertiary/aromatic N) is 2. The smallest absolute Gasteiger partial charge is 0.355 e. The number of aromatic carboxylic acids is 1. The zero-order chi connectivity index (χ0) is 13.8. The minimum atomic E-state index is -1.17. The molecule has 0 saturated carbocycles. The number of rotatable bonds is 4. The van der Waals surface area contributed by atoms with E-state index in [0.717, 1.165) is 11.8 Å². The lowest BCUT2D eigenvalue weighted by atomic mass is 10.3. The number of para-hydroxylation sites is 1. The molecule has 1 N–H and O–H groups in total. The van der Waals surface area contributed by atoms with Crippen LogP contribution in [-0.2, 0) is 0 Å². The molecule has 0 aliphatic rings. The molecule has 1 aromatic heterocycles. The van der Waals surface area contributed by atoms with E-state index in [-0.39, 0.29) is 11.4 Å². The van der Waals surface area contributed by atoms with Gasteiger partial charge in [-0.05, 0) is 18.2 Å². The summed E-state index contributed by atoms with van der Waals surface area (Å²) in [4.78, 5) is 25.9. The van der Waals surface area contributed by atoms with E-state index in [9.17, 15) is 14.9 Å². The maximum Gasteiger partial charge on any atom is 0.355 e. The summed E-state index contributed by atoms with van der Waals surface area (Å²) < 4.78 is 0. The molecule has 2 rings (SSSR count). The van der Waals surface area contributed by atoms with Crippen molar-refractivity contribution in [1.82, 2.24) is 4.98 Å². The van der Waals surface area contributed by atoms with Gasteiger partial charge in [-0.1, -0.05) is 23.9 Å². The topological polar surface area (TPSA) is 93.3 Å². The fourth-order valence-electron chi connectivity index (χ4n) is 1.45. The summed E-state index contributed by atoms with van der Waals surface area (Å²) >= 11 is 1.01. The Bertz CT molecular complexity index is 590. The van der Waals surface area contributed by atoms with Crippen LogP contribution < -0.4 is 0 Å². The maximum absolute atomic E-state index is 11.0. The van der Waals surface area contributed by atoms with Crippen LogP contribution in [0.2, 0.25) is 0 Å². The molecule has 0 saturated heterocycles. The summed E-state index contributed by atoms with van der Waals surface area (Å²) in [5.41, 5.74) is -0.182. The summed E-state index contributed by atoms with van der Waals surface area (Å²) in [6, 6.07) is 9.32. The molecule has 96 valence electrons. The molecule has 0 spiro atoms. The molecule has 0 atom stereocenters. The lowest BCUT2D eigenvalue weighted by Crippen LogP contribution is -2.02. The molecule has 0 radical (unpaired) electrons. The number of hydrogen-bond acceptors (Lipinski definition) is 5. The van der Waals surface area contributed by atoms with Crippen molar-refractivity contribution in [3.63, 3.8) is 0 Å². The fraction of sp³-hybridized carbons (Fsp3) is 0. The van der Waals surface area contributed by atoms with Gasteiger partial charge in [0.25, 0.3) is 5.69 Å². The van der Waals surface area contributed by atoms with Gasteiger partial charge < -0.3 is 5.11 Å². The van der Waals surface area contributed by atoms with Crippen LogP contribution in [0.1, 0.15) is 10.5 Å². The van der Waals surface area contributed by atoms with Gasteiger partial charge in [-0.3, -0.25) is 10.1 Å². The van der Waals surface area contributed by atoms with E-state index in [1.165, 1.54) is 12.3 Å². The van der Waals surface area contributed by atoms with Crippen molar-refractivity contribution < 1.29 is 14.8 Å². The molecular formula is C12H8N2O4S. The number of carboxylic acid groups (broad SMARTS) is 1. The number of benzene rings is 1. The van der Waals surface area contributed by atoms with Gasteiger partial charge >= 0.3 is 5.97 Å². The molecule has 0 aliphatic carbocycles. The van der Waals surface area contributed by atoms with Crippen molar-refractivity contribution in [3.05, 3.63) is 58.4 Å². The Balaban J connectivity index is 2.42. The van der Waals surface area contributed by atoms with Crippen molar-refractivity contribution in [3.8, 4) is 0 Å². The molecule has 1 heterocycles. The quantitative estimate of drug-likeness (QED) is 0.681. The van der Waals surface area contributed by atoms with Crippen molar-refractivity contribution >= 4 is 23.4 Å². The first kappa shape index (κ1) is 13.0. The zero-order valence-electron chi connectivity index (χ0n) is 9.52. The highest BCUT2D eigenvalue weighted by atomic mass is 32.2. The van der Waals surface area contributed by atoms with E-state index in [1.54, 1.807) is 30.3 Å². The van der Waals surface area contributed by atoms with Crippen molar-refractivity contribution in [2.24, 2.45) is 0 Å². The van der Waals surface area contributed by atoms with Crippen LogP contribution in [0.25, 0.3) is 0 Å². The molecule has 0 aliphatic heterocycles. The van der Waals surface area contributed by atoms with Gasteiger partial charge in [0.15, 0.2) is 5.69 Å². The summed E-state index contributed by atoms with van der Waals surface area (Å²) in [6.45, 7) is 0. The van der Waals surface area contributed by atoms with Crippen molar-refractivity contribution in [2.45, 2.75) is 9.79 Å². The van der Waals surface area contributed by atoms with Crippen LogP contribution in [0.5, 0.6) is 0 Å². The van der Waals surface area contributed by atoms with Gasteiger partial charge in [-0.15, -0.1) is 0 Å². The lowest BCUT2D eigenvalue weighted by molar-refractivity contribution is -0.387. The Labute approximate surface area is 112 Å². The summed E-state index contributed by atoms with van der Waals surface area (Å²) in [5.74, 6) is -1.17. The van der Waals surface area contributed by atoms with Gasteiger partial charge in [-0.25, -0.2) is 9.78 Å². The Morgan fingerprint density at radius 1 is 1.21 bits per heavy atom. The van der Waals surface area contributed by atoms with Crippen LogP contribution in [-0.4, -0.2) is 21.0 Å². The first-order chi connectivity index (χ1) is 9.09. The number of carbonyl (C=O) groups is 1. The second-order valence-electron chi connectivity index (χ2n) is 3.48. The van der Waals surface area contributed by atoms with E-state index in [2.05, 4.69) is 4.98 Å². The second kappa shape index (κ2) is 5.49. The third-order valence-electron chi connectivity index (χ3n) is 2.26. The van der Waals surface area contributed by atoms with Crippen LogP contribution >= 0.6 is 11.8 Å². The van der Waals surface area contributed by atoms with E-state index in [0.29, 0.717) is 9.79 Å². The van der Waals surface area contributed by atoms with Crippen LogP contribution in [0.3, 0.4) is 0 Å². The average molecular weight is 276 g/mol. The van der Waals surface area contributed by atoms with Crippen LogP contribution in [0.4, 0.5) is 5.69 Å². The largest absolute Gasteiger partial charge is 0.476 e. The second-order valence-corrected chi connectivity index (χ2v) is 4.57. The number of pyridine rings is 1. The molecule has 1 aromatic carbocycles. The van der Waals surface area contributed by atoms with E-state index in [4.69, 9.17) is 5.11 Å². The molecule has 0 bridgehead atoms. The number of hydrogen-bond donors (Lipinski definition) is 1. The number of carboxylic acids is 1. The minimum Gasteiger partial charge on any atom is -0.476 e. The SMILES string of the molecule is O=C(O)c1ncccc1Sc1ccccc1[N+](=O)[O-]. The first-order valence-corrected chi connectivity index (χ1v) is 6.01. The standard InChI is InChI=1S/C12H8N2O4S/c15-12(16)11-10(6-3-7-13-11)19-9-5-2-1-4-8(9)14(17)18/h1-7H,(H,15,16). The molecule has 6 nitrogen and oxygen atoms in total. The first-order valence-electron chi connectivity index (χ1n) is 5.19. The molecule has 2 aromatic rings. The van der Waals surface area contributed by atoms with Gasteiger partial charge in [-0.2, -0.15) is 0 Å². The van der Waals surface area contributed by atoms with Gasteiger partial charge in [0, 0.05) is 17.2 Å². The van der Waals surface area contributed by atoms with Gasteiger partial charge in [0.05, 0.1) is 9.82 Å². The molecule has 19 heavy (non-hydrogen) atoms. The summed E-state index contributed by atoms with van der Waals surface area (Å²) in [7, 11) is 0. The normalized spacial score (nSPS) is 10.1. The highest BCUT2D eigenvalue weighted by Crippen LogP contribution is 2.35. The monoisotopic (exact) mass is 276 g/mol. The van der Waals surface area contributed by atoms with Crippen molar-refractivity contribution in [2.75, 3.05) is 0 Å².